The summed E-state index contributed by atoms with van der Waals surface area (Å²) in [6, 6.07) is 14.1. The zero-order valence-electron chi connectivity index (χ0n) is 22.6. The Hall–Kier alpha value is -3.28. The Morgan fingerprint density at radius 2 is 1.87 bits per heavy atom. The smallest absolute Gasteiger partial charge is 0.162 e. The number of allylic oxidation sites excluding steroid dienone is 3. The number of hydrogen-bond acceptors (Lipinski definition) is 7. The van der Waals surface area contributed by atoms with Gasteiger partial charge in [-0.3, -0.25) is 4.79 Å². The highest BCUT2D eigenvalue weighted by Gasteiger charge is 2.44. The lowest BCUT2D eigenvalue weighted by molar-refractivity contribution is -0.118. The Kier molecular flexibility index (Phi) is 8.19. The summed E-state index contributed by atoms with van der Waals surface area (Å²) < 4.78 is 17.8. The second-order valence-corrected chi connectivity index (χ2v) is 11.4. The monoisotopic (exact) mass is 579 g/mol. The van der Waals surface area contributed by atoms with Crippen LogP contribution in [-0.4, -0.2) is 38.1 Å². The van der Waals surface area contributed by atoms with E-state index in [-0.39, 0.29) is 11.2 Å². The molecule has 0 fully saturated rings. The van der Waals surface area contributed by atoms with Gasteiger partial charge in [0, 0.05) is 35.8 Å². The number of aryl methyl sites for hydroxylation is 1. The minimum Gasteiger partial charge on any atom is -0.493 e. The molecule has 0 bridgehead atoms. The summed E-state index contributed by atoms with van der Waals surface area (Å²) in [4.78, 5) is 15.6. The standard InChI is InChI=1S/C30H34BrN3O4/c1-18-6-8-19(9-7-18)17-38-26-13-22(31)20(12-25(26)37-5)27-21(16-32)29(33)34(10-11-36-4)23-14-30(2,3)15-24(35)28(23)27/h6-9,12-13,27H,10-11,14-15,17,33H2,1-5H3/t27-/m0/s1. The lowest BCUT2D eigenvalue weighted by Gasteiger charge is -2.44. The number of rotatable bonds is 8. The highest BCUT2D eigenvalue weighted by Crippen LogP contribution is 2.51. The molecule has 7 nitrogen and oxygen atoms in total. The Morgan fingerprint density at radius 1 is 1.16 bits per heavy atom. The summed E-state index contributed by atoms with van der Waals surface area (Å²) in [6.07, 6.45) is 1.06. The second-order valence-electron chi connectivity index (χ2n) is 10.6. The summed E-state index contributed by atoms with van der Waals surface area (Å²) in [5.74, 6) is 0.825. The number of halogens is 1. The first-order valence-corrected chi connectivity index (χ1v) is 13.4. The lowest BCUT2D eigenvalue weighted by Crippen LogP contribution is -2.43. The van der Waals surface area contributed by atoms with Gasteiger partial charge >= 0.3 is 0 Å². The van der Waals surface area contributed by atoms with Gasteiger partial charge in [-0.25, -0.2) is 0 Å². The van der Waals surface area contributed by atoms with Crippen LogP contribution in [0.5, 0.6) is 11.5 Å². The van der Waals surface area contributed by atoms with Crippen LogP contribution in [-0.2, 0) is 16.1 Å². The number of ether oxygens (including phenoxy) is 3. The molecule has 1 atom stereocenters. The van der Waals surface area contributed by atoms with Crippen molar-refractivity contribution < 1.29 is 19.0 Å². The van der Waals surface area contributed by atoms with E-state index in [0.29, 0.717) is 65.5 Å². The molecular weight excluding hydrogens is 546 g/mol. The summed E-state index contributed by atoms with van der Waals surface area (Å²) in [7, 11) is 3.20. The molecule has 1 aliphatic heterocycles. The third-order valence-corrected chi connectivity index (χ3v) is 7.80. The van der Waals surface area contributed by atoms with Crippen molar-refractivity contribution in [1.82, 2.24) is 4.90 Å². The maximum absolute atomic E-state index is 13.7. The highest BCUT2D eigenvalue weighted by molar-refractivity contribution is 9.10. The van der Waals surface area contributed by atoms with Gasteiger partial charge in [0.15, 0.2) is 17.3 Å². The Morgan fingerprint density at radius 3 is 2.50 bits per heavy atom. The molecule has 1 aliphatic carbocycles. The molecule has 8 heteroatoms. The van der Waals surface area contributed by atoms with Crippen molar-refractivity contribution in [3.63, 3.8) is 0 Å². The number of methoxy groups -OCH3 is 2. The van der Waals surface area contributed by atoms with E-state index in [4.69, 9.17) is 19.9 Å². The number of ketones is 1. The predicted octanol–water partition coefficient (Wildman–Crippen LogP) is 5.73. The number of nitrogens with zero attached hydrogens (tertiary/aromatic N) is 2. The molecule has 0 amide bonds. The minimum atomic E-state index is -0.619. The largest absolute Gasteiger partial charge is 0.493 e. The van der Waals surface area contributed by atoms with E-state index < -0.39 is 5.92 Å². The van der Waals surface area contributed by atoms with Gasteiger partial charge in [-0.2, -0.15) is 5.26 Å². The first-order chi connectivity index (χ1) is 18.1. The van der Waals surface area contributed by atoms with E-state index in [1.807, 2.05) is 48.2 Å². The van der Waals surface area contributed by atoms with E-state index in [9.17, 15) is 10.1 Å². The van der Waals surface area contributed by atoms with Gasteiger partial charge in [-0.1, -0.05) is 59.6 Å². The number of nitriles is 1. The fourth-order valence-corrected chi connectivity index (χ4v) is 5.77. The Balaban J connectivity index is 1.80. The molecule has 0 aromatic heterocycles. The minimum absolute atomic E-state index is 0.0227. The van der Waals surface area contributed by atoms with E-state index in [2.05, 4.69) is 35.8 Å². The third-order valence-electron chi connectivity index (χ3n) is 7.11. The summed E-state index contributed by atoms with van der Waals surface area (Å²) in [5, 5.41) is 10.3. The van der Waals surface area contributed by atoms with Crippen molar-refractivity contribution in [2.45, 2.75) is 46.1 Å². The zero-order valence-corrected chi connectivity index (χ0v) is 24.1. The number of carbonyl (C=O) groups is 1. The second kappa shape index (κ2) is 11.2. The van der Waals surface area contributed by atoms with Gasteiger partial charge in [0.2, 0.25) is 0 Å². The summed E-state index contributed by atoms with van der Waals surface area (Å²) >= 11 is 3.70. The van der Waals surface area contributed by atoms with E-state index in [0.717, 1.165) is 16.8 Å². The van der Waals surface area contributed by atoms with E-state index >= 15 is 0 Å². The molecule has 0 saturated carbocycles. The zero-order chi connectivity index (χ0) is 27.6. The molecule has 2 aromatic carbocycles. The number of hydrogen-bond donors (Lipinski definition) is 1. The first kappa shape index (κ1) is 27.7. The van der Waals surface area contributed by atoms with Gasteiger partial charge in [0.05, 0.1) is 31.3 Å². The van der Waals surface area contributed by atoms with Crippen molar-refractivity contribution in [3.8, 4) is 17.6 Å². The molecule has 2 N–H and O–H groups in total. The fourth-order valence-electron chi connectivity index (χ4n) is 5.21. The average Bonchev–Trinajstić information content (AvgIpc) is 2.87. The molecular formula is C30H34BrN3O4. The average molecular weight is 581 g/mol. The lowest BCUT2D eigenvalue weighted by atomic mass is 9.68. The van der Waals surface area contributed by atoms with Gasteiger partial charge in [0.25, 0.3) is 0 Å². The Labute approximate surface area is 233 Å². The van der Waals surface area contributed by atoms with Crippen molar-refractivity contribution in [3.05, 3.63) is 80.2 Å². The van der Waals surface area contributed by atoms with Crippen LogP contribution in [0.3, 0.4) is 0 Å². The molecule has 0 saturated heterocycles. The number of nitrogens with two attached hydrogens (primary N) is 1. The number of carbonyl (C=O) groups excluding carboxylic acids is 1. The van der Waals surface area contributed by atoms with Crippen molar-refractivity contribution in [2.24, 2.45) is 11.1 Å². The topological polar surface area (TPSA) is 97.8 Å². The SMILES string of the molecule is COCCN1C(N)=C(C#N)[C@H](c2cc(OC)c(OCc3ccc(C)cc3)cc2Br)C2=C1CC(C)(C)CC2=O. The van der Waals surface area contributed by atoms with E-state index in [1.54, 1.807) is 14.2 Å². The normalized spacial score (nSPS) is 18.8. The molecule has 4 rings (SSSR count). The summed E-state index contributed by atoms with van der Waals surface area (Å²) in [5.41, 5.74) is 11.2. The van der Waals surface area contributed by atoms with Crippen LogP contribution in [0.2, 0.25) is 0 Å². The quantitative estimate of drug-likeness (QED) is 0.426. The Bertz CT molecular complexity index is 1340. The molecule has 0 unspecified atom stereocenters. The third kappa shape index (κ3) is 5.45. The van der Waals surface area contributed by atoms with Crippen LogP contribution in [0.4, 0.5) is 0 Å². The first-order valence-electron chi connectivity index (χ1n) is 12.6. The van der Waals surface area contributed by atoms with Crippen LogP contribution in [0, 0.1) is 23.7 Å². The van der Waals surface area contributed by atoms with Crippen LogP contribution in [0.1, 0.15) is 49.3 Å². The number of benzene rings is 2. The van der Waals surface area contributed by atoms with Gasteiger partial charge < -0.3 is 24.8 Å². The van der Waals surface area contributed by atoms with Gasteiger partial charge in [-0.15, -0.1) is 0 Å². The van der Waals surface area contributed by atoms with Gasteiger partial charge in [-0.05, 0) is 42.0 Å². The van der Waals surface area contributed by atoms with Crippen LogP contribution in [0.25, 0.3) is 0 Å². The van der Waals surface area contributed by atoms with Crippen LogP contribution >= 0.6 is 15.9 Å². The fraction of sp³-hybridized carbons (Fsp3) is 0.400. The highest BCUT2D eigenvalue weighted by atomic mass is 79.9. The molecule has 200 valence electrons. The molecule has 1 heterocycles. The molecule has 0 radical (unpaired) electrons. The summed E-state index contributed by atoms with van der Waals surface area (Å²) in [6.45, 7) is 7.45. The van der Waals surface area contributed by atoms with Gasteiger partial charge in [0.1, 0.15) is 12.4 Å². The molecule has 2 aliphatic rings. The van der Waals surface area contributed by atoms with Crippen molar-refractivity contribution in [2.75, 3.05) is 27.4 Å². The molecule has 0 spiro atoms. The molecule has 2 aromatic rings. The van der Waals surface area contributed by atoms with Crippen molar-refractivity contribution >= 4 is 21.7 Å². The van der Waals surface area contributed by atoms with Crippen LogP contribution in [0.15, 0.2) is 63.5 Å². The van der Waals surface area contributed by atoms with Crippen molar-refractivity contribution in [1.29, 1.82) is 5.26 Å². The van der Waals surface area contributed by atoms with E-state index in [1.165, 1.54) is 5.56 Å². The molecule has 38 heavy (non-hydrogen) atoms. The maximum atomic E-state index is 13.7. The number of Topliss-reactive ketones (excluding diaryl/α,β-unsaturated/α-hetero) is 1. The van der Waals surface area contributed by atoms with Crippen LogP contribution < -0.4 is 15.2 Å². The maximum Gasteiger partial charge on any atom is 0.162 e. The predicted molar refractivity (Wildman–Crippen MR) is 149 cm³/mol.